The average molecular weight is 733 g/mol. The Morgan fingerprint density at radius 3 is 2.04 bits per heavy atom. The summed E-state index contributed by atoms with van der Waals surface area (Å²) in [6.07, 6.45) is -0.262. The number of ether oxygens (including phenoxy) is 1. The van der Waals surface area contributed by atoms with Crippen molar-refractivity contribution >= 4 is 73.7 Å². The van der Waals surface area contributed by atoms with Crippen molar-refractivity contribution in [3.05, 3.63) is 193 Å². The van der Waals surface area contributed by atoms with Gasteiger partial charge in [0, 0.05) is 56.0 Å². The average Bonchev–Trinajstić information content (AvgIpc) is 3.84. The second-order valence-corrected chi connectivity index (χ2v) is 15.5. The van der Waals surface area contributed by atoms with E-state index in [0.717, 1.165) is 39.7 Å². The zero-order chi connectivity index (χ0) is 37.8. The Balaban J connectivity index is 1.16. The van der Waals surface area contributed by atoms with E-state index in [-0.39, 0.29) is 13.1 Å². The highest BCUT2D eigenvalue weighted by Gasteiger charge is 2.45. The molecule has 0 saturated carbocycles. The highest BCUT2D eigenvalue weighted by molar-refractivity contribution is 6.93. The molecule has 57 heavy (non-hydrogen) atoms. The van der Waals surface area contributed by atoms with Crippen molar-refractivity contribution in [2.75, 3.05) is 15.0 Å². The first kappa shape index (κ1) is 32.1. The number of nitrogens with zero attached hydrogens (tertiary/aromatic N) is 3. The molecular weight excluding hydrogens is 695 g/mol. The Labute approximate surface area is 332 Å². The van der Waals surface area contributed by atoms with Crippen LogP contribution >= 0.6 is 0 Å². The summed E-state index contributed by atoms with van der Waals surface area (Å²) in [6, 6.07) is 63.9. The van der Waals surface area contributed by atoms with Gasteiger partial charge in [-0.3, -0.25) is 0 Å². The number of benzene rings is 8. The summed E-state index contributed by atoms with van der Waals surface area (Å²) in [6.45, 7) is 4.34. The number of hydrogen-bond donors (Lipinski definition) is 1. The Morgan fingerprint density at radius 1 is 0.614 bits per heavy atom. The van der Waals surface area contributed by atoms with Gasteiger partial charge in [0.05, 0.1) is 16.7 Å². The Kier molecular flexibility index (Phi) is 6.85. The third-order valence-corrected chi connectivity index (χ3v) is 12.1. The van der Waals surface area contributed by atoms with Crippen LogP contribution in [0, 0.1) is 13.8 Å². The van der Waals surface area contributed by atoms with Gasteiger partial charge in [-0.05, 0) is 109 Å². The van der Waals surface area contributed by atoms with Crippen molar-refractivity contribution in [2.45, 2.75) is 20.1 Å². The van der Waals surface area contributed by atoms with Crippen LogP contribution in [0.15, 0.2) is 176 Å². The molecule has 0 saturated heterocycles. The van der Waals surface area contributed by atoms with Gasteiger partial charge >= 0.3 is 6.85 Å². The predicted molar refractivity (Wildman–Crippen MR) is 237 cm³/mol. The van der Waals surface area contributed by atoms with Gasteiger partial charge in [0.25, 0.3) is 0 Å². The second kappa shape index (κ2) is 12.2. The largest absolute Gasteiger partial charge is 0.464 e. The van der Waals surface area contributed by atoms with Crippen LogP contribution in [0.4, 0.5) is 34.1 Å². The molecule has 0 aliphatic carbocycles. The van der Waals surface area contributed by atoms with Crippen LogP contribution in [-0.2, 0) is 0 Å². The lowest BCUT2D eigenvalue weighted by Gasteiger charge is -2.42. The normalized spacial score (nSPS) is 14.5. The molecule has 0 amide bonds. The van der Waals surface area contributed by atoms with Crippen LogP contribution in [0.1, 0.15) is 22.9 Å². The van der Waals surface area contributed by atoms with E-state index in [1.54, 1.807) is 0 Å². The van der Waals surface area contributed by atoms with Crippen LogP contribution in [0.3, 0.4) is 0 Å². The summed E-state index contributed by atoms with van der Waals surface area (Å²) in [5.74, 6) is 0.874. The molecule has 4 heterocycles. The minimum atomic E-state index is -0.262. The molecule has 1 aromatic heterocycles. The first-order valence-electron chi connectivity index (χ1n) is 19.7. The molecule has 0 fully saturated rings. The minimum Gasteiger partial charge on any atom is -0.464 e. The number of para-hydroxylation sites is 3. The van der Waals surface area contributed by atoms with Gasteiger partial charge in [0.1, 0.15) is 5.75 Å². The monoisotopic (exact) mass is 732 g/mol. The topological polar surface area (TPSA) is 32.7 Å². The number of hydrogen-bond acceptors (Lipinski definition) is 4. The lowest BCUT2D eigenvalue weighted by atomic mass is 9.44. The number of rotatable bonds is 5. The van der Waals surface area contributed by atoms with Crippen molar-refractivity contribution in [2.24, 2.45) is 0 Å². The smallest absolute Gasteiger partial charge is 0.333 e. The summed E-state index contributed by atoms with van der Waals surface area (Å²) in [4.78, 5) is 4.94. The fourth-order valence-corrected chi connectivity index (χ4v) is 9.67. The zero-order valence-corrected chi connectivity index (χ0v) is 31.6. The highest BCUT2D eigenvalue weighted by atomic mass is 16.5. The summed E-state index contributed by atoms with van der Waals surface area (Å²) in [5, 5.41) is 6.30. The van der Waals surface area contributed by atoms with Crippen molar-refractivity contribution in [1.82, 2.24) is 4.57 Å². The molecule has 8 aromatic carbocycles. The molecule has 9 aromatic rings. The van der Waals surface area contributed by atoms with Gasteiger partial charge in [-0.25, -0.2) is 0 Å². The fraction of sp³-hybridized carbons (Fsp3) is 0.0588. The van der Waals surface area contributed by atoms with E-state index in [1.807, 2.05) is 6.07 Å². The van der Waals surface area contributed by atoms with Crippen LogP contribution in [0.2, 0.25) is 0 Å². The van der Waals surface area contributed by atoms with E-state index in [1.165, 1.54) is 66.4 Å². The maximum atomic E-state index is 6.76. The number of aromatic nitrogens is 1. The van der Waals surface area contributed by atoms with Crippen LogP contribution in [0.5, 0.6) is 5.75 Å². The first-order valence-corrected chi connectivity index (χ1v) is 19.7. The Morgan fingerprint density at radius 2 is 1.30 bits per heavy atom. The van der Waals surface area contributed by atoms with E-state index < -0.39 is 0 Å². The van der Waals surface area contributed by atoms with E-state index in [4.69, 9.17) is 4.74 Å². The molecule has 0 bridgehead atoms. The van der Waals surface area contributed by atoms with Crippen molar-refractivity contribution < 1.29 is 4.74 Å². The van der Waals surface area contributed by atoms with Crippen LogP contribution in [-0.4, -0.2) is 11.4 Å². The molecule has 6 heteroatoms. The number of fused-ring (bicyclic) bond motifs is 9. The van der Waals surface area contributed by atoms with Gasteiger partial charge in [0.2, 0.25) is 0 Å². The predicted octanol–water partition coefficient (Wildman–Crippen LogP) is 11.6. The molecule has 270 valence electrons. The fourth-order valence-electron chi connectivity index (χ4n) is 9.67. The molecular formula is C51H37BN4O. The Hall–Kier alpha value is -7.18. The summed E-state index contributed by atoms with van der Waals surface area (Å²) in [7, 11) is 0. The lowest BCUT2D eigenvalue weighted by molar-refractivity contribution is 0.260. The van der Waals surface area contributed by atoms with E-state index >= 15 is 0 Å². The molecule has 0 spiro atoms. The van der Waals surface area contributed by atoms with Gasteiger partial charge < -0.3 is 24.3 Å². The molecule has 12 rings (SSSR count). The molecule has 1 N–H and O–H groups in total. The third kappa shape index (κ3) is 4.71. The van der Waals surface area contributed by atoms with Gasteiger partial charge in [-0.2, -0.15) is 0 Å². The summed E-state index contributed by atoms with van der Waals surface area (Å²) < 4.78 is 9.29. The van der Waals surface area contributed by atoms with Crippen molar-refractivity contribution in [3.8, 4) is 22.6 Å². The molecule has 3 aliphatic heterocycles. The van der Waals surface area contributed by atoms with Gasteiger partial charge in [-0.15, -0.1) is 0 Å². The number of nitrogens with one attached hydrogen (secondary N) is 1. The SMILES string of the molecule is Cc1ccc(N2B3c4cc5c(cc4-n4c6ccccc6c6c(C)cc(c3c64)-c3cc(N(c4ccccc4)c4ccccc4)ccc32)NC(c2ccccc2)O5)cc1. The van der Waals surface area contributed by atoms with Crippen molar-refractivity contribution in [1.29, 1.82) is 0 Å². The standard InChI is InChI=1S/C51H37BN4O/c1-32-22-24-37(25-23-32)56-45-27-26-38(54(35-16-8-4-9-17-35)36-18-10-5-11-19-36)29-40(45)41-28-33(2)48-39-20-12-13-21-44(39)55-46-31-43-47(30-42(46)52(56)49(41)50(48)55)57-51(53-43)34-14-6-3-7-15-34/h3-31,51,53H,1-2H3. The number of anilines is 6. The second-order valence-electron chi connectivity index (χ2n) is 15.5. The van der Waals surface area contributed by atoms with E-state index in [0.29, 0.717) is 0 Å². The molecule has 5 nitrogen and oxygen atoms in total. The maximum absolute atomic E-state index is 6.76. The van der Waals surface area contributed by atoms with Gasteiger partial charge in [-0.1, -0.05) is 109 Å². The molecule has 3 aliphatic rings. The maximum Gasteiger partial charge on any atom is 0.333 e. The zero-order valence-electron chi connectivity index (χ0n) is 31.6. The van der Waals surface area contributed by atoms with Crippen LogP contribution < -0.4 is 30.7 Å². The molecule has 0 radical (unpaired) electrons. The number of aryl methyl sites for hydroxylation is 2. The first-order chi connectivity index (χ1) is 28.1. The van der Waals surface area contributed by atoms with Gasteiger partial charge in [0.15, 0.2) is 6.23 Å². The quantitative estimate of drug-likeness (QED) is 0.179. The highest BCUT2D eigenvalue weighted by Crippen LogP contribution is 2.49. The Bertz CT molecular complexity index is 3010. The van der Waals surface area contributed by atoms with E-state index in [9.17, 15) is 0 Å². The minimum absolute atomic E-state index is 0.111. The van der Waals surface area contributed by atoms with E-state index in [2.05, 4.69) is 203 Å². The summed E-state index contributed by atoms with van der Waals surface area (Å²) >= 11 is 0. The van der Waals surface area contributed by atoms with Crippen LogP contribution in [0.25, 0.3) is 38.6 Å². The van der Waals surface area contributed by atoms with Crippen molar-refractivity contribution in [3.63, 3.8) is 0 Å². The molecule has 1 unspecified atom stereocenters. The lowest BCUT2D eigenvalue weighted by Crippen LogP contribution is -2.60. The summed E-state index contributed by atoms with van der Waals surface area (Å²) in [5.41, 5.74) is 19.0. The third-order valence-electron chi connectivity index (χ3n) is 12.1. The molecule has 1 atom stereocenters.